The van der Waals surface area contributed by atoms with Crippen LogP contribution in [0, 0.1) is 0 Å². The summed E-state index contributed by atoms with van der Waals surface area (Å²) in [5, 5.41) is 2.62. The van der Waals surface area contributed by atoms with Gasteiger partial charge in [-0.3, -0.25) is 0 Å². The van der Waals surface area contributed by atoms with Crippen LogP contribution < -0.4 is 5.32 Å². The Balaban J connectivity index is 3.46. The van der Waals surface area contributed by atoms with E-state index in [0.29, 0.717) is 11.3 Å². The van der Waals surface area contributed by atoms with Gasteiger partial charge in [0.05, 0.1) is 5.75 Å². The van der Waals surface area contributed by atoms with Crippen molar-refractivity contribution < 1.29 is 19.6 Å². The second-order valence-electron chi connectivity index (χ2n) is 4.10. The highest BCUT2D eigenvalue weighted by molar-refractivity contribution is 7.95. The van der Waals surface area contributed by atoms with E-state index in [0.717, 1.165) is 6.26 Å². The van der Waals surface area contributed by atoms with Gasteiger partial charge in [-0.25, -0.2) is 16.8 Å². The van der Waals surface area contributed by atoms with E-state index in [2.05, 4.69) is 5.32 Å². The number of rotatable bonds is 6. The van der Waals surface area contributed by atoms with Crippen molar-refractivity contribution in [2.45, 2.75) is 35.2 Å². The van der Waals surface area contributed by atoms with Crippen LogP contribution in [0.5, 0.6) is 0 Å². The monoisotopic (exact) mass is 327 g/mol. The summed E-state index contributed by atoms with van der Waals surface area (Å²) in [6, 6.07) is 0.680. The van der Waals surface area contributed by atoms with Crippen LogP contribution in [0.1, 0.15) is 35.1 Å². The first kappa shape index (κ1) is 13.5. The lowest BCUT2D eigenvalue weighted by atomic mass is 10.2. The minimum Gasteiger partial charge on any atom is -0.310 e. The zero-order valence-corrected chi connectivity index (χ0v) is 13.7. The third kappa shape index (κ3) is 3.77. The molecule has 8 heteroatoms. The molecule has 1 heterocycles. The van der Waals surface area contributed by atoms with Gasteiger partial charge >= 0.3 is 0 Å². The molecule has 1 rings (SSSR count). The normalized spacial score (nSPS) is 16.8. The van der Waals surface area contributed by atoms with Gasteiger partial charge in [0.2, 0.25) is 0 Å². The Morgan fingerprint density at radius 2 is 1.95 bits per heavy atom. The SMILES string of the molecule is [2H]C([2H])(C)N[C@@H](C)c1cc(S(C)(=O)=O)sc1S(=O)(=O)CC. The maximum absolute atomic E-state index is 12.1. The fourth-order valence-electron chi connectivity index (χ4n) is 1.52. The first-order valence-electron chi connectivity index (χ1n) is 6.62. The molecule has 0 spiro atoms. The highest BCUT2D eigenvalue weighted by Gasteiger charge is 2.26. The molecule has 1 aromatic heterocycles. The predicted octanol–water partition coefficient (Wildman–Crippen LogP) is 1.62. The maximum atomic E-state index is 12.1. The number of hydrogen-bond donors (Lipinski definition) is 1. The third-order valence-corrected chi connectivity index (χ3v) is 7.88. The van der Waals surface area contributed by atoms with Crippen molar-refractivity contribution in [3.63, 3.8) is 0 Å². The first-order chi connectivity index (χ1) is 9.28. The van der Waals surface area contributed by atoms with Gasteiger partial charge < -0.3 is 5.32 Å². The van der Waals surface area contributed by atoms with Gasteiger partial charge in [-0.05, 0) is 25.1 Å². The fraction of sp³-hybridized carbons (Fsp3) is 0.636. The molecule has 0 saturated heterocycles. The van der Waals surface area contributed by atoms with Crippen molar-refractivity contribution in [3.8, 4) is 0 Å². The molecule has 0 aromatic carbocycles. The molecule has 0 aliphatic rings. The summed E-state index contributed by atoms with van der Waals surface area (Å²) >= 11 is 0.714. The molecule has 110 valence electrons. The number of sulfone groups is 2. The second-order valence-corrected chi connectivity index (χ2v) is 9.87. The van der Waals surface area contributed by atoms with E-state index in [9.17, 15) is 16.8 Å². The molecule has 1 N–H and O–H groups in total. The Bertz CT molecular complexity index is 717. The van der Waals surface area contributed by atoms with Gasteiger partial charge in [0.1, 0.15) is 8.42 Å². The fourth-order valence-corrected chi connectivity index (χ4v) is 5.58. The Kier molecular flexibility index (Phi) is 4.21. The molecule has 0 unspecified atom stereocenters. The van der Waals surface area contributed by atoms with E-state index in [4.69, 9.17) is 2.74 Å². The summed E-state index contributed by atoms with van der Waals surface area (Å²) in [7, 11) is -7.09. The standard InChI is InChI=1S/C11H19NO4S3/c1-5-12-8(3)9-7-10(18(4,13)14)17-11(9)19(15,16)6-2/h7-8,12H,5-6H2,1-4H3/t8-/m0/s1/i5D2. The second kappa shape index (κ2) is 5.90. The summed E-state index contributed by atoms with van der Waals surface area (Å²) in [5.41, 5.74) is 0.285. The smallest absolute Gasteiger partial charge is 0.187 e. The maximum Gasteiger partial charge on any atom is 0.187 e. The molecular weight excluding hydrogens is 306 g/mol. The van der Waals surface area contributed by atoms with Gasteiger partial charge in [-0.1, -0.05) is 13.8 Å². The predicted molar refractivity (Wildman–Crippen MR) is 77.2 cm³/mol. The quantitative estimate of drug-likeness (QED) is 0.858. The van der Waals surface area contributed by atoms with Gasteiger partial charge in [0, 0.05) is 15.0 Å². The summed E-state index contributed by atoms with van der Waals surface area (Å²) in [6.45, 7) is 2.68. The molecule has 0 bridgehead atoms. The van der Waals surface area contributed by atoms with Crippen molar-refractivity contribution in [2.75, 3.05) is 18.5 Å². The van der Waals surface area contributed by atoms with Crippen LogP contribution >= 0.6 is 11.3 Å². The highest BCUT2D eigenvalue weighted by atomic mass is 32.3. The van der Waals surface area contributed by atoms with E-state index < -0.39 is 32.2 Å². The van der Waals surface area contributed by atoms with Crippen LogP contribution in [0.4, 0.5) is 0 Å². The lowest BCUT2D eigenvalue weighted by Gasteiger charge is -2.12. The molecule has 0 aliphatic heterocycles. The molecule has 1 aromatic rings. The van der Waals surface area contributed by atoms with Crippen LogP contribution in [0.3, 0.4) is 0 Å². The van der Waals surface area contributed by atoms with Crippen molar-refractivity contribution in [1.82, 2.24) is 5.32 Å². The molecule has 0 aliphatic carbocycles. The van der Waals surface area contributed by atoms with Crippen LogP contribution in [0.25, 0.3) is 0 Å². The number of hydrogen-bond acceptors (Lipinski definition) is 6. The summed E-state index contributed by atoms with van der Waals surface area (Å²) in [4.78, 5) is 0. The van der Waals surface area contributed by atoms with Crippen molar-refractivity contribution in [1.29, 1.82) is 0 Å². The van der Waals surface area contributed by atoms with Crippen LogP contribution in [-0.4, -0.2) is 35.3 Å². The lowest BCUT2D eigenvalue weighted by Crippen LogP contribution is -2.19. The zero-order chi connectivity index (χ0) is 16.6. The van der Waals surface area contributed by atoms with E-state index >= 15 is 0 Å². The molecule has 0 radical (unpaired) electrons. The molecule has 1 atom stereocenters. The Morgan fingerprint density at radius 1 is 1.37 bits per heavy atom. The lowest BCUT2D eigenvalue weighted by molar-refractivity contribution is 0.577. The average Bonchev–Trinajstić information content (AvgIpc) is 2.71. The number of thiophene rings is 1. The molecular formula is C11H19NO4S3. The van der Waals surface area contributed by atoms with Gasteiger partial charge in [-0.2, -0.15) is 0 Å². The molecule has 5 nitrogen and oxygen atoms in total. The van der Waals surface area contributed by atoms with Gasteiger partial charge in [0.25, 0.3) is 0 Å². The number of nitrogens with one attached hydrogen (secondary N) is 1. The Morgan fingerprint density at radius 3 is 2.37 bits per heavy atom. The zero-order valence-electron chi connectivity index (χ0n) is 13.2. The summed E-state index contributed by atoms with van der Waals surface area (Å²) in [5.74, 6) is -0.143. The molecule has 19 heavy (non-hydrogen) atoms. The third-order valence-electron chi connectivity index (χ3n) is 2.56. The van der Waals surface area contributed by atoms with E-state index in [1.165, 1.54) is 19.9 Å². The van der Waals surface area contributed by atoms with Crippen molar-refractivity contribution in [3.05, 3.63) is 11.6 Å². The van der Waals surface area contributed by atoms with E-state index in [1.54, 1.807) is 6.92 Å². The van der Waals surface area contributed by atoms with Crippen molar-refractivity contribution in [2.24, 2.45) is 0 Å². The first-order valence-corrected chi connectivity index (χ1v) is 9.98. The summed E-state index contributed by atoms with van der Waals surface area (Å²) < 4.78 is 62.5. The highest BCUT2D eigenvalue weighted by Crippen LogP contribution is 2.34. The largest absolute Gasteiger partial charge is 0.310 e. The van der Waals surface area contributed by atoms with Crippen LogP contribution in [0.2, 0.25) is 0 Å². The van der Waals surface area contributed by atoms with Gasteiger partial charge in [-0.15, -0.1) is 11.3 Å². The minimum atomic E-state index is -3.58. The molecule has 0 saturated carbocycles. The van der Waals surface area contributed by atoms with E-state index in [-0.39, 0.29) is 19.7 Å². The van der Waals surface area contributed by atoms with E-state index in [1.807, 2.05) is 0 Å². The molecule has 0 fully saturated rings. The van der Waals surface area contributed by atoms with Crippen LogP contribution in [0.15, 0.2) is 14.5 Å². The molecule has 0 amide bonds. The Labute approximate surface area is 121 Å². The Hall–Kier alpha value is -0.440. The topological polar surface area (TPSA) is 80.3 Å². The average molecular weight is 327 g/mol. The minimum absolute atomic E-state index is 0.0188. The van der Waals surface area contributed by atoms with Crippen LogP contribution in [-0.2, 0) is 19.7 Å². The van der Waals surface area contributed by atoms with Crippen molar-refractivity contribution >= 4 is 31.0 Å². The summed E-state index contributed by atoms with van der Waals surface area (Å²) in [6.07, 6.45) is 1.02. The van der Waals surface area contributed by atoms with Gasteiger partial charge in [0.15, 0.2) is 19.7 Å².